The van der Waals surface area contributed by atoms with Crippen LogP contribution in [0.4, 0.5) is 4.79 Å². The largest absolute Gasteiger partial charge is 0.389 e. The van der Waals surface area contributed by atoms with Crippen LogP contribution in [0.3, 0.4) is 0 Å². The van der Waals surface area contributed by atoms with E-state index in [9.17, 15) is 19.8 Å². The molecule has 0 fully saturated rings. The molecule has 0 radical (unpaired) electrons. The number of hydrogen-bond acceptors (Lipinski definition) is 4. The Morgan fingerprint density at radius 3 is 2.13 bits per heavy atom. The molecule has 0 saturated heterocycles. The van der Waals surface area contributed by atoms with Crippen molar-refractivity contribution in [2.45, 2.75) is 66.2 Å². The van der Waals surface area contributed by atoms with Crippen LogP contribution in [0.25, 0.3) is 0 Å². The molecule has 0 aromatic heterocycles. The highest BCUT2D eigenvalue weighted by Crippen LogP contribution is 2.34. The molecule has 0 saturated carbocycles. The zero-order valence-corrected chi connectivity index (χ0v) is 20.5. The summed E-state index contributed by atoms with van der Waals surface area (Å²) >= 11 is 5.94. The van der Waals surface area contributed by atoms with E-state index in [-0.39, 0.29) is 18.4 Å². The molecule has 8 heteroatoms. The monoisotopic (exact) mass is 455 g/mol. The highest BCUT2D eigenvalue weighted by molar-refractivity contribution is 6.30. The third-order valence-electron chi connectivity index (χ3n) is 5.12. The van der Waals surface area contributed by atoms with Crippen LogP contribution in [0.2, 0.25) is 5.02 Å². The van der Waals surface area contributed by atoms with Crippen molar-refractivity contribution in [2.75, 3.05) is 19.6 Å². The first-order valence-corrected chi connectivity index (χ1v) is 11.0. The number of carbonyl (C=O) groups is 2. The van der Waals surface area contributed by atoms with Crippen LogP contribution in [-0.4, -0.2) is 58.3 Å². The van der Waals surface area contributed by atoms with Gasteiger partial charge in [-0.2, -0.15) is 0 Å². The molecule has 0 spiro atoms. The Balaban J connectivity index is 2.92. The number of rotatable bonds is 10. The molecule has 31 heavy (non-hydrogen) atoms. The Kier molecular flexibility index (Phi) is 9.79. The zero-order chi connectivity index (χ0) is 24.0. The number of urea groups is 1. The van der Waals surface area contributed by atoms with Gasteiger partial charge in [0.2, 0.25) is 5.91 Å². The van der Waals surface area contributed by atoms with E-state index in [1.807, 2.05) is 34.6 Å². The molecule has 7 nitrogen and oxygen atoms in total. The number of amides is 3. The second kappa shape index (κ2) is 11.2. The van der Waals surface area contributed by atoms with Gasteiger partial charge in [-0.15, -0.1) is 0 Å². The standard InChI is InChI=1S/C23H38ClN3O4/c1-8-27(14-22(4,5)19(28)16-9-11-17(24)12-10-16)20(29)18(15(2)3)26-21(30)25-13-23(6,7)31/h9-12,15,18-19,28,31H,8,13-14H2,1-7H3,(H2,25,26,30). The Morgan fingerprint density at radius 1 is 1.13 bits per heavy atom. The van der Waals surface area contributed by atoms with Crippen molar-refractivity contribution in [3.05, 3.63) is 34.9 Å². The topological polar surface area (TPSA) is 102 Å². The molecule has 1 aromatic carbocycles. The third-order valence-corrected chi connectivity index (χ3v) is 5.37. The number of carbonyl (C=O) groups excluding carboxylic acids is 2. The molecule has 2 atom stereocenters. The Labute approximate surface area is 191 Å². The van der Waals surface area contributed by atoms with Gasteiger partial charge in [0.1, 0.15) is 6.04 Å². The molecule has 0 heterocycles. The molecule has 1 rings (SSSR count). The zero-order valence-electron chi connectivity index (χ0n) is 19.7. The summed E-state index contributed by atoms with van der Waals surface area (Å²) in [4.78, 5) is 27.2. The van der Waals surface area contributed by atoms with E-state index in [1.165, 1.54) is 0 Å². The van der Waals surface area contributed by atoms with E-state index >= 15 is 0 Å². The number of hydrogen-bond donors (Lipinski definition) is 4. The second-order valence-corrected chi connectivity index (χ2v) is 10.1. The normalized spacial score (nSPS) is 14.2. The van der Waals surface area contributed by atoms with E-state index in [2.05, 4.69) is 10.6 Å². The second-order valence-electron chi connectivity index (χ2n) is 9.66. The summed E-state index contributed by atoms with van der Waals surface area (Å²) in [6, 6.07) is 5.76. The van der Waals surface area contributed by atoms with Gasteiger partial charge in [-0.1, -0.05) is 51.4 Å². The minimum atomic E-state index is -1.05. The summed E-state index contributed by atoms with van der Waals surface area (Å²) in [5.41, 5.74) is -0.960. The summed E-state index contributed by atoms with van der Waals surface area (Å²) in [7, 11) is 0. The smallest absolute Gasteiger partial charge is 0.315 e. The van der Waals surface area contributed by atoms with E-state index < -0.39 is 29.2 Å². The highest BCUT2D eigenvalue weighted by atomic mass is 35.5. The minimum absolute atomic E-state index is 0.0651. The van der Waals surface area contributed by atoms with Gasteiger partial charge < -0.3 is 25.7 Å². The molecule has 2 unspecified atom stereocenters. The lowest BCUT2D eigenvalue weighted by Crippen LogP contribution is -2.56. The van der Waals surface area contributed by atoms with Crippen LogP contribution in [0, 0.1) is 11.3 Å². The molecule has 0 aliphatic rings. The van der Waals surface area contributed by atoms with Crippen LogP contribution in [0.1, 0.15) is 60.1 Å². The van der Waals surface area contributed by atoms with Crippen molar-refractivity contribution in [3.8, 4) is 0 Å². The lowest BCUT2D eigenvalue weighted by molar-refractivity contribution is -0.136. The van der Waals surface area contributed by atoms with Gasteiger partial charge in [0.05, 0.1) is 11.7 Å². The fourth-order valence-corrected chi connectivity index (χ4v) is 3.35. The maximum absolute atomic E-state index is 13.3. The van der Waals surface area contributed by atoms with Crippen LogP contribution in [-0.2, 0) is 4.79 Å². The maximum Gasteiger partial charge on any atom is 0.315 e. The van der Waals surface area contributed by atoms with Gasteiger partial charge in [-0.25, -0.2) is 4.79 Å². The molecule has 0 aliphatic carbocycles. The van der Waals surface area contributed by atoms with Gasteiger partial charge in [-0.05, 0) is 44.4 Å². The SMILES string of the molecule is CCN(CC(C)(C)C(O)c1ccc(Cl)cc1)C(=O)C(NC(=O)NCC(C)(C)O)C(C)C. The lowest BCUT2D eigenvalue weighted by Gasteiger charge is -2.38. The summed E-state index contributed by atoms with van der Waals surface area (Å²) in [5.74, 6) is -0.356. The van der Waals surface area contributed by atoms with Crippen LogP contribution < -0.4 is 10.6 Å². The van der Waals surface area contributed by atoms with Gasteiger partial charge >= 0.3 is 6.03 Å². The van der Waals surface area contributed by atoms with Crippen molar-refractivity contribution in [1.29, 1.82) is 0 Å². The Bertz CT molecular complexity index is 729. The summed E-state index contributed by atoms with van der Waals surface area (Å²) in [6.45, 7) is 13.4. The van der Waals surface area contributed by atoms with Crippen LogP contribution in [0.5, 0.6) is 0 Å². The molecule has 0 aliphatic heterocycles. The number of benzene rings is 1. The van der Waals surface area contributed by atoms with E-state index in [0.29, 0.717) is 18.1 Å². The van der Waals surface area contributed by atoms with Crippen LogP contribution >= 0.6 is 11.6 Å². The van der Waals surface area contributed by atoms with Crippen molar-refractivity contribution in [3.63, 3.8) is 0 Å². The molecular formula is C23H38ClN3O4. The first-order valence-electron chi connectivity index (χ1n) is 10.7. The predicted molar refractivity (Wildman–Crippen MR) is 124 cm³/mol. The van der Waals surface area contributed by atoms with E-state index in [0.717, 1.165) is 5.56 Å². The molecule has 1 aromatic rings. The number of aliphatic hydroxyl groups is 2. The van der Waals surface area contributed by atoms with Gasteiger partial charge in [0.25, 0.3) is 0 Å². The van der Waals surface area contributed by atoms with Crippen molar-refractivity contribution in [1.82, 2.24) is 15.5 Å². The quantitative estimate of drug-likeness (QED) is 0.434. The first kappa shape index (κ1) is 27.2. The van der Waals surface area contributed by atoms with E-state index in [4.69, 9.17) is 11.6 Å². The number of aliphatic hydroxyl groups excluding tert-OH is 1. The maximum atomic E-state index is 13.3. The summed E-state index contributed by atoms with van der Waals surface area (Å²) in [5, 5.41) is 26.6. The van der Waals surface area contributed by atoms with Gasteiger partial charge in [0.15, 0.2) is 0 Å². The average Bonchev–Trinajstić information content (AvgIpc) is 2.67. The van der Waals surface area contributed by atoms with Crippen molar-refractivity contribution in [2.24, 2.45) is 11.3 Å². The molecular weight excluding hydrogens is 418 g/mol. The summed E-state index contributed by atoms with van der Waals surface area (Å²) < 4.78 is 0. The van der Waals surface area contributed by atoms with Gasteiger partial charge in [-0.3, -0.25) is 4.79 Å². The van der Waals surface area contributed by atoms with Crippen molar-refractivity contribution >= 4 is 23.5 Å². The molecule has 0 bridgehead atoms. The van der Waals surface area contributed by atoms with E-state index in [1.54, 1.807) is 43.0 Å². The molecule has 4 N–H and O–H groups in total. The number of halogens is 1. The Hall–Kier alpha value is -1.83. The van der Waals surface area contributed by atoms with Crippen LogP contribution in [0.15, 0.2) is 24.3 Å². The minimum Gasteiger partial charge on any atom is -0.389 e. The fraction of sp³-hybridized carbons (Fsp3) is 0.652. The average molecular weight is 456 g/mol. The van der Waals surface area contributed by atoms with Gasteiger partial charge in [0, 0.05) is 30.1 Å². The third kappa shape index (κ3) is 8.67. The lowest BCUT2D eigenvalue weighted by atomic mass is 9.82. The highest BCUT2D eigenvalue weighted by Gasteiger charge is 2.35. The number of nitrogens with zero attached hydrogens (tertiary/aromatic N) is 1. The Morgan fingerprint density at radius 2 is 1.68 bits per heavy atom. The molecule has 3 amide bonds. The first-order chi connectivity index (χ1) is 14.2. The fourth-order valence-electron chi connectivity index (χ4n) is 3.22. The molecule has 176 valence electrons. The summed E-state index contributed by atoms with van der Waals surface area (Å²) in [6.07, 6.45) is -0.799. The van der Waals surface area contributed by atoms with Crippen molar-refractivity contribution < 1.29 is 19.8 Å². The predicted octanol–water partition coefficient (Wildman–Crippen LogP) is 3.34. The number of nitrogens with one attached hydrogen (secondary N) is 2. The number of likely N-dealkylation sites (N-methyl/N-ethyl adjacent to an activating group) is 1.